The molecule has 0 aliphatic heterocycles. The maximum atomic E-state index is 13.1. The second-order valence-electron chi connectivity index (χ2n) is 6.42. The van der Waals surface area contributed by atoms with E-state index in [1.165, 1.54) is 0 Å². The molecule has 0 heterocycles. The summed E-state index contributed by atoms with van der Waals surface area (Å²) in [6.45, 7) is 14.6. The zero-order valence-corrected chi connectivity index (χ0v) is 18.6. The average molecular weight is 357 g/mol. The zero-order valence-electron chi connectivity index (χ0n) is 14.3. The molecule has 0 rings (SSSR count). The molecule has 0 N–H and O–H groups in total. The Morgan fingerprint density at radius 3 is 1.80 bits per heavy atom. The van der Waals surface area contributed by atoms with Crippen molar-refractivity contribution in [2.45, 2.75) is 71.1 Å². The van der Waals surface area contributed by atoms with E-state index in [1.54, 1.807) is 0 Å². The van der Waals surface area contributed by atoms with Crippen LogP contribution in [0.5, 0.6) is 0 Å². The molecule has 0 atom stereocenters. The summed E-state index contributed by atoms with van der Waals surface area (Å²) < 4.78 is 31.8. The van der Waals surface area contributed by atoms with Crippen LogP contribution in [-0.2, 0) is 12.3 Å². The van der Waals surface area contributed by atoms with Crippen LogP contribution < -0.4 is 0 Å². The second kappa shape index (κ2) is 9.65. The minimum absolute atomic E-state index is 0.325. The highest BCUT2D eigenvalue weighted by molar-refractivity contribution is 6.85. The first-order valence-corrected chi connectivity index (χ1v) is 18.4. The fourth-order valence-corrected chi connectivity index (χ4v) is 16.4. The van der Waals surface area contributed by atoms with Crippen molar-refractivity contribution in [3.8, 4) is 0 Å². The van der Waals surface area contributed by atoms with Crippen molar-refractivity contribution in [2.24, 2.45) is 0 Å². The summed E-state index contributed by atoms with van der Waals surface area (Å²) in [4.78, 5) is 0. The molecule has 3 nitrogen and oxygen atoms in total. The Hall–Kier alpha value is 0.678. The molecule has 0 aromatic rings. The largest absolute Gasteiger partial charge is 0.471 e. The van der Waals surface area contributed by atoms with E-state index in [-0.39, 0.29) is 0 Å². The second-order valence-corrected chi connectivity index (χ2v) is 19.2. The molecule has 0 aliphatic rings. The Kier molecular flexibility index (Phi) is 9.97. The summed E-state index contributed by atoms with van der Waals surface area (Å²) in [5.41, 5.74) is 0. The number of halogens is 1. The molecule has 0 bridgehead atoms. The highest BCUT2D eigenvalue weighted by atomic mass is 28.5. The predicted molar refractivity (Wildman–Crippen MR) is 94.7 cm³/mol. The first kappa shape index (κ1) is 20.7. The SMILES string of the molecule is CCCC[Si](C)(C)O[Si](CCF)(O[SiH](C)C)O[SiH](C)C. The van der Waals surface area contributed by atoms with Gasteiger partial charge in [0, 0.05) is 6.04 Å². The average Bonchev–Trinajstić information content (AvgIpc) is 2.23. The van der Waals surface area contributed by atoms with Crippen molar-refractivity contribution in [3.63, 3.8) is 0 Å². The molecule has 0 saturated carbocycles. The Balaban J connectivity index is 5.04. The lowest BCUT2D eigenvalue weighted by Gasteiger charge is -2.39. The van der Waals surface area contributed by atoms with Gasteiger partial charge in [-0.15, -0.1) is 0 Å². The standard InChI is InChI=1S/C12H33FO3Si4/c1-8-9-11-19(6,7)16-20(12-10-13,14-17(2)3)15-18(4)5/h17-18H,8-12H2,1-7H3. The van der Waals surface area contributed by atoms with Gasteiger partial charge in [-0.2, -0.15) is 0 Å². The summed E-state index contributed by atoms with van der Waals surface area (Å²) >= 11 is 0. The summed E-state index contributed by atoms with van der Waals surface area (Å²) in [7, 11) is -7.26. The number of alkyl halides is 1. The van der Waals surface area contributed by atoms with E-state index in [9.17, 15) is 4.39 Å². The van der Waals surface area contributed by atoms with Gasteiger partial charge in [0.25, 0.3) is 0 Å². The number of hydrogen-bond acceptors (Lipinski definition) is 3. The maximum absolute atomic E-state index is 13.1. The third-order valence-corrected chi connectivity index (χ3v) is 15.3. The monoisotopic (exact) mass is 356 g/mol. The van der Waals surface area contributed by atoms with Crippen molar-refractivity contribution in [1.29, 1.82) is 0 Å². The molecular formula is C12H33FO3Si4. The topological polar surface area (TPSA) is 27.7 Å². The van der Waals surface area contributed by atoms with Gasteiger partial charge in [-0.1, -0.05) is 19.8 Å². The molecule has 0 saturated heterocycles. The third-order valence-electron chi connectivity index (χ3n) is 2.80. The van der Waals surface area contributed by atoms with Crippen LogP contribution in [0, 0.1) is 0 Å². The Bertz CT molecular complexity index is 255. The van der Waals surface area contributed by atoms with Crippen molar-refractivity contribution >= 4 is 35.2 Å². The summed E-state index contributed by atoms with van der Waals surface area (Å²) in [5, 5.41) is 0. The normalized spacial score (nSPS) is 13.5. The van der Waals surface area contributed by atoms with Crippen LogP contribution in [0.2, 0.25) is 51.4 Å². The van der Waals surface area contributed by atoms with Crippen LogP contribution in [0.25, 0.3) is 0 Å². The van der Waals surface area contributed by atoms with Gasteiger partial charge in [0.05, 0.1) is 6.67 Å². The van der Waals surface area contributed by atoms with Crippen molar-refractivity contribution < 1.29 is 16.7 Å². The van der Waals surface area contributed by atoms with Gasteiger partial charge < -0.3 is 12.3 Å². The lowest BCUT2D eigenvalue weighted by molar-refractivity contribution is 0.254. The van der Waals surface area contributed by atoms with Gasteiger partial charge in [-0.25, -0.2) is 0 Å². The fraction of sp³-hybridized carbons (Fsp3) is 1.00. The molecule has 0 fully saturated rings. The molecule has 0 aromatic carbocycles. The first-order valence-electron chi connectivity index (χ1n) is 7.78. The first-order chi connectivity index (χ1) is 9.16. The van der Waals surface area contributed by atoms with Gasteiger partial charge in [-0.05, 0) is 45.3 Å². The maximum Gasteiger partial charge on any atom is 0.471 e. The molecule has 8 heteroatoms. The van der Waals surface area contributed by atoms with E-state index in [1.807, 2.05) is 0 Å². The van der Waals surface area contributed by atoms with E-state index in [0.29, 0.717) is 6.04 Å². The highest BCUT2D eigenvalue weighted by Crippen LogP contribution is 2.26. The molecule has 0 aromatic heterocycles. The van der Waals surface area contributed by atoms with E-state index < -0.39 is 41.9 Å². The lowest BCUT2D eigenvalue weighted by Crippen LogP contribution is -2.57. The van der Waals surface area contributed by atoms with Crippen LogP contribution in [0.1, 0.15) is 19.8 Å². The van der Waals surface area contributed by atoms with Crippen LogP contribution in [0.3, 0.4) is 0 Å². The minimum atomic E-state index is -2.80. The summed E-state index contributed by atoms with van der Waals surface area (Å²) in [5.74, 6) is 0. The predicted octanol–water partition coefficient (Wildman–Crippen LogP) is 3.92. The quantitative estimate of drug-likeness (QED) is 0.525. The molecule has 122 valence electrons. The van der Waals surface area contributed by atoms with E-state index in [4.69, 9.17) is 12.3 Å². The number of unbranched alkanes of at least 4 members (excludes halogenated alkanes) is 1. The highest BCUT2D eigenvalue weighted by Gasteiger charge is 2.46. The molecule has 0 amide bonds. The molecule has 0 unspecified atom stereocenters. The molecule has 0 radical (unpaired) electrons. The van der Waals surface area contributed by atoms with Gasteiger partial charge >= 0.3 is 8.80 Å². The van der Waals surface area contributed by atoms with E-state index in [0.717, 1.165) is 18.9 Å². The molecular weight excluding hydrogens is 323 g/mol. The molecule has 20 heavy (non-hydrogen) atoms. The smallest absolute Gasteiger partial charge is 0.420 e. The van der Waals surface area contributed by atoms with Gasteiger partial charge in [-0.3, -0.25) is 4.39 Å². The van der Waals surface area contributed by atoms with Crippen molar-refractivity contribution in [1.82, 2.24) is 0 Å². The zero-order chi connectivity index (χ0) is 15.8. The molecule has 0 aliphatic carbocycles. The van der Waals surface area contributed by atoms with Crippen molar-refractivity contribution in [3.05, 3.63) is 0 Å². The van der Waals surface area contributed by atoms with Crippen LogP contribution in [0.15, 0.2) is 0 Å². The fourth-order valence-electron chi connectivity index (χ4n) is 2.15. The molecule has 0 spiro atoms. The Morgan fingerprint density at radius 2 is 1.45 bits per heavy atom. The third kappa shape index (κ3) is 8.85. The van der Waals surface area contributed by atoms with Crippen LogP contribution in [-0.4, -0.2) is 41.9 Å². The number of rotatable bonds is 11. The Labute approximate surface area is 130 Å². The minimum Gasteiger partial charge on any atom is -0.420 e. The van der Waals surface area contributed by atoms with E-state index >= 15 is 0 Å². The lowest BCUT2D eigenvalue weighted by atomic mass is 10.4. The summed E-state index contributed by atoms with van der Waals surface area (Å²) in [6, 6.07) is 1.42. The van der Waals surface area contributed by atoms with Crippen LogP contribution in [0.4, 0.5) is 4.39 Å². The van der Waals surface area contributed by atoms with Crippen molar-refractivity contribution in [2.75, 3.05) is 6.67 Å². The van der Waals surface area contributed by atoms with Gasteiger partial charge in [0.15, 0.2) is 26.4 Å². The Morgan fingerprint density at radius 1 is 0.950 bits per heavy atom. The van der Waals surface area contributed by atoms with Gasteiger partial charge in [0.2, 0.25) is 0 Å². The number of hydrogen-bond donors (Lipinski definition) is 0. The van der Waals surface area contributed by atoms with Crippen LogP contribution >= 0.6 is 0 Å². The summed E-state index contributed by atoms with van der Waals surface area (Å²) in [6.07, 6.45) is 2.33. The van der Waals surface area contributed by atoms with E-state index in [2.05, 4.69) is 46.2 Å². The van der Waals surface area contributed by atoms with Gasteiger partial charge in [0.1, 0.15) is 0 Å².